The molecule has 0 rings (SSSR count). The molecule has 0 aromatic carbocycles. The van der Waals surface area contributed by atoms with Crippen molar-refractivity contribution in [1.82, 2.24) is 0 Å². The van der Waals surface area contributed by atoms with E-state index >= 15 is 0 Å². The number of esters is 1. The normalized spacial score (nSPS) is 8.25. The summed E-state index contributed by atoms with van der Waals surface area (Å²) in [5.74, 6) is -0.237. The van der Waals surface area contributed by atoms with Crippen molar-refractivity contribution in [3.63, 3.8) is 0 Å². The van der Waals surface area contributed by atoms with Gasteiger partial charge >= 0.3 is 58.9 Å². The molecule has 2 radical (unpaired) electrons. The van der Waals surface area contributed by atoms with Gasteiger partial charge in [0, 0.05) is 0 Å². The number of hydrogen-bond donors (Lipinski definition) is 0. The van der Waals surface area contributed by atoms with Gasteiger partial charge in [0.2, 0.25) is 0 Å². The van der Waals surface area contributed by atoms with Gasteiger partial charge in [-0.25, -0.2) is 0 Å². The maximum absolute atomic E-state index is 10.5. The Morgan fingerprint density at radius 2 is 2.25 bits per heavy atom. The monoisotopic (exact) mass is 220 g/mol. The molecule has 3 heteroatoms. The summed E-state index contributed by atoms with van der Waals surface area (Å²) in [6.45, 7) is 3.54. The van der Waals surface area contributed by atoms with Crippen LogP contribution in [0.15, 0.2) is 10.2 Å². The molecule has 0 aliphatic heterocycles. The predicted octanol–water partition coefficient (Wildman–Crippen LogP) is 0.425. The van der Waals surface area contributed by atoms with Crippen LogP contribution < -0.4 is 0 Å². The van der Waals surface area contributed by atoms with Gasteiger partial charge in [-0.2, -0.15) is 0 Å². The van der Waals surface area contributed by atoms with E-state index in [4.69, 9.17) is 0 Å². The Kier molecular flexibility index (Phi) is 3.95. The fourth-order valence-corrected chi connectivity index (χ4v) is 1.10. The molecule has 0 amide bonds. The van der Waals surface area contributed by atoms with Gasteiger partial charge in [0.25, 0.3) is 0 Å². The Bertz CT molecular complexity index is 95.0. The maximum atomic E-state index is 10.5. The zero-order valence-electron chi connectivity index (χ0n) is 5.02. The Morgan fingerprint density at radius 1 is 1.75 bits per heavy atom. The second kappa shape index (κ2) is 3.95. The van der Waals surface area contributed by atoms with E-state index in [1.165, 1.54) is 7.11 Å². The van der Waals surface area contributed by atoms with E-state index in [1.54, 1.807) is 0 Å². The van der Waals surface area contributed by atoms with Gasteiger partial charge in [0.05, 0.1) is 0 Å². The molecule has 0 saturated carbocycles. The second-order valence-corrected chi connectivity index (χ2v) is 4.37. The quantitative estimate of drug-likeness (QED) is 0.382. The molecule has 0 heterocycles. The Balaban J connectivity index is 3.64. The van der Waals surface area contributed by atoms with Crippen LogP contribution in [0.1, 0.15) is 0 Å². The Morgan fingerprint density at radius 3 is 2.38 bits per heavy atom. The Hall–Kier alpha value is 0.00870. The Labute approximate surface area is 59.1 Å². The van der Waals surface area contributed by atoms with Crippen LogP contribution in [-0.2, 0) is 9.53 Å². The topological polar surface area (TPSA) is 26.3 Å². The number of rotatable bonds is 2. The molecule has 0 N–H and O–H groups in total. The summed E-state index contributed by atoms with van der Waals surface area (Å²) in [6.07, 6.45) is 0. The van der Waals surface area contributed by atoms with Crippen molar-refractivity contribution in [2.45, 2.75) is 4.94 Å². The first-order chi connectivity index (χ1) is 3.72. The van der Waals surface area contributed by atoms with Crippen molar-refractivity contribution >= 4 is 27.1 Å². The fraction of sp³-hybridized carbons (Fsp3) is 0.400. The summed E-state index contributed by atoms with van der Waals surface area (Å²) in [6, 6.07) is 0. The molecule has 0 unspecified atom stereocenters. The van der Waals surface area contributed by atoms with Crippen molar-refractivity contribution in [3.05, 3.63) is 10.2 Å². The molecule has 0 aromatic heterocycles. The van der Waals surface area contributed by atoms with Gasteiger partial charge in [-0.15, -0.1) is 0 Å². The summed E-state index contributed by atoms with van der Waals surface area (Å²) in [5, 5.41) is 0. The van der Waals surface area contributed by atoms with Gasteiger partial charge in [-0.1, -0.05) is 0 Å². The van der Waals surface area contributed by atoms with Crippen LogP contribution in [0.3, 0.4) is 0 Å². The van der Waals surface area contributed by atoms with Gasteiger partial charge in [0.1, 0.15) is 0 Å². The van der Waals surface area contributed by atoms with Crippen molar-refractivity contribution in [2.75, 3.05) is 7.11 Å². The van der Waals surface area contributed by atoms with Gasteiger partial charge in [0.15, 0.2) is 0 Å². The summed E-state index contributed by atoms with van der Waals surface area (Å²) in [4.78, 5) is 12.5. The molecular formula is C5H8O2Sn. The fourth-order valence-electron chi connectivity index (χ4n) is 0.225. The first-order valence-electron chi connectivity index (χ1n) is 2.17. The minimum absolute atomic E-state index is 0.237. The van der Waals surface area contributed by atoms with E-state index in [0.717, 1.165) is 0 Å². The average Bonchev–Trinajstić information content (AvgIpc) is 1.84. The molecule has 0 aliphatic carbocycles. The SMILES string of the molecule is C=[C]([Sn][CH3])C(=O)OC. The van der Waals surface area contributed by atoms with Crippen molar-refractivity contribution < 1.29 is 9.53 Å². The molecule has 0 atom stereocenters. The minimum atomic E-state index is -0.624. The van der Waals surface area contributed by atoms with E-state index in [9.17, 15) is 4.79 Å². The van der Waals surface area contributed by atoms with E-state index in [-0.39, 0.29) is 5.97 Å². The summed E-state index contributed by atoms with van der Waals surface area (Å²) >= 11 is -0.624. The van der Waals surface area contributed by atoms with Crippen molar-refractivity contribution in [3.8, 4) is 0 Å². The van der Waals surface area contributed by atoms with Crippen LogP contribution in [0.25, 0.3) is 0 Å². The number of methoxy groups -OCH3 is 1. The third-order valence-electron chi connectivity index (χ3n) is 0.734. The summed E-state index contributed by atoms with van der Waals surface area (Å²) in [7, 11) is 1.38. The molecule has 0 aliphatic rings. The first kappa shape index (κ1) is 8.01. The van der Waals surface area contributed by atoms with Gasteiger partial charge < -0.3 is 0 Å². The molecule has 8 heavy (non-hydrogen) atoms. The standard InChI is InChI=1S/C4H5O2.CH3.Sn/c1-3-4(5)6-2;;/h1H2,2H3;1H3;. The van der Waals surface area contributed by atoms with E-state index < -0.39 is 21.1 Å². The molecule has 2 nitrogen and oxygen atoms in total. The third kappa shape index (κ3) is 2.35. The predicted molar refractivity (Wildman–Crippen MR) is 32.8 cm³/mol. The molecular weight excluding hydrogens is 211 g/mol. The molecule has 0 saturated heterocycles. The zero-order valence-corrected chi connectivity index (χ0v) is 7.88. The average molecular weight is 219 g/mol. The molecule has 0 fully saturated rings. The molecule has 0 aromatic rings. The van der Waals surface area contributed by atoms with Gasteiger partial charge in [-0.05, 0) is 0 Å². The van der Waals surface area contributed by atoms with E-state index in [2.05, 4.69) is 11.3 Å². The molecule has 44 valence electrons. The zero-order chi connectivity index (χ0) is 6.57. The number of carbonyl (C=O) groups is 1. The first-order valence-corrected chi connectivity index (χ1v) is 6.45. The number of hydrogen-bond acceptors (Lipinski definition) is 2. The van der Waals surface area contributed by atoms with Gasteiger partial charge in [-0.3, -0.25) is 0 Å². The molecule has 0 bridgehead atoms. The van der Waals surface area contributed by atoms with Crippen LogP contribution in [0.5, 0.6) is 0 Å². The van der Waals surface area contributed by atoms with E-state index in [1.807, 2.05) is 4.94 Å². The summed E-state index contributed by atoms with van der Waals surface area (Å²) < 4.78 is 5.10. The summed E-state index contributed by atoms with van der Waals surface area (Å²) in [5.41, 5.74) is 0. The van der Waals surface area contributed by atoms with Crippen LogP contribution in [0.2, 0.25) is 4.94 Å². The number of carbonyl (C=O) groups excluding carboxylic acids is 1. The van der Waals surface area contributed by atoms with E-state index in [0.29, 0.717) is 3.59 Å². The van der Waals surface area contributed by atoms with Crippen LogP contribution in [0, 0.1) is 0 Å². The number of ether oxygens (including phenoxy) is 1. The second-order valence-electron chi connectivity index (χ2n) is 1.22. The molecule has 0 spiro atoms. The van der Waals surface area contributed by atoms with Crippen LogP contribution >= 0.6 is 0 Å². The third-order valence-corrected chi connectivity index (χ3v) is 3.04. The van der Waals surface area contributed by atoms with Crippen LogP contribution in [0.4, 0.5) is 0 Å². The van der Waals surface area contributed by atoms with Crippen molar-refractivity contribution in [1.29, 1.82) is 0 Å². The van der Waals surface area contributed by atoms with Crippen LogP contribution in [-0.4, -0.2) is 34.2 Å². The van der Waals surface area contributed by atoms with Crippen molar-refractivity contribution in [2.24, 2.45) is 0 Å².